The zero-order chi connectivity index (χ0) is 17.6. The van der Waals surface area contributed by atoms with Crippen molar-refractivity contribution in [3.05, 3.63) is 31.1 Å². The molecule has 2 aromatic heterocycles. The van der Waals surface area contributed by atoms with E-state index in [0.717, 1.165) is 6.42 Å². The van der Waals surface area contributed by atoms with Gasteiger partial charge in [0.2, 0.25) is 11.7 Å². The van der Waals surface area contributed by atoms with Gasteiger partial charge in [0.15, 0.2) is 10.9 Å². The number of thioether (sulfide) groups is 1. The van der Waals surface area contributed by atoms with Gasteiger partial charge in [0.05, 0.1) is 12.0 Å². The third kappa shape index (κ3) is 4.34. The molecular weight excluding hydrogens is 336 g/mol. The largest absolute Gasteiger partial charge is 0.461 e. The number of hydrogen-bond acceptors (Lipinski definition) is 5. The third-order valence-corrected chi connectivity index (χ3v) is 5.53. The molecule has 7 heteroatoms. The molecule has 1 fully saturated rings. The van der Waals surface area contributed by atoms with Crippen LogP contribution in [0.4, 0.5) is 0 Å². The van der Waals surface area contributed by atoms with Crippen molar-refractivity contribution in [2.45, 2.75) is 50.4 Å². The summed E-state index contributed by atoms with van der Waals surface area (Å²) in [6.45, 7) is 6.56. The molecule has 1 aliphatic carbocycles. The van der Waals surface area contributed by atoms with E-state index in [0.29, 0.717) is 41.0 Å². The normalized spacial score (nSPS) is 20.4. The van der Waals surface area contributed by atoms with Crippen LogP contribution in [0, 0.1) is 5.92 Å². The smallest absolute Gasteiger partial charge is 0.230 e. The zero-order valence-electron chi connectivity index (χ0n) is 14.5. The molecule has 0 unspecified atom stereocenters. The molecule has 0 saturated heterocycles. The molecule has 2 aromatic rings. The van der Waals surface area contributed by atoms with Crippen LogP contribution in [0.3, 0.4) is 0 Å². The number of hydrogen-bond donors (Lipinski definition) is 1. The van der Waals surface area contributed by atoms with Gasteiger partial charge in [-0.25, -0.2) is 0 Å². The highest BCUT2D eigenvalue weighted by Crippen LogP contribution is 2.26. The van der Waals surface area contributed by atoms with Gasteiger partial charge in [0.1, 0.15) is 0 Å². The minimum Gasteiger partial charge on any atom is -0.461 e. The Bertz CT molecular complexity index is 711. The van der Waals surface area contributed by atoms with E-state index in [-0.39, 0.29) is 5.91 Å². The Kier molecular flexibility index (Phi) is 5.96. The number of nitrogens with one attached hydrogen (secondary N) is 1. The Morgan fingerprint density at radius 3 is 3.04 bits per heavy atom. The molecule has 25 heavy (non-hydrogen) atoms. The number of rotatable bonds is 7. The fraction of sp³-hybridized carbons (Fsp3) is 0.500. The van der Waals surface area contributed by atoms with Gasteiger partial charge in [-0.1, -0.05) is 37.6 Å². The molecule has 0 spiro atoms. The van der Waals surface area contributed by atoms with Crippen molar-refractivity contribution in [2.75, 3.05) is 5.75 Å². The molecule has 6 nitrogen and oxygen atoms in total. The Labute approximate surface area is 152 Å². The van der Waals surface area contributed by atoms with Gasteiger partial charge in [0.25, 0.3) is 0 Å². The van der Waals surface area contributed by atoms with Crippen LogP contribution in [-0.2, 0) is 11.3 Å². The highest BCUT2D eigenvalue weighted by Gasteiger charge is 2.23. The number of aromatic nitrogens is 3. The molecule has 1 amide bonds. The lowest BCUT2D eigenvalue weighted by atomic mass is 9.86. The average Bonchev–Trinajstić information content (AvgIpc) is 3.25. The minimum absolute atomic E-state index is 0.0523. The Balaban J connectivity index is 1.62. The van der Waals surface area contributed by atoms with E-state index in [4.69, 9.17) is 4.42 Å². The summed E-state index contributed by atoms with van der Waals surface area (Å²) in [5.41, 5.74) is 0. The molecule has 0 aliphatic heterocycles. The van der Waals surface area contributed by atoms with Gasteiger partial charge in [-0.15, -0.1) is 16.8 Å². The van der Waals surface area contributed by atoms with Crippen LogP contribution in [0.25, 0.3) is 11.6 Å². The summed E-state index contributed by atoms with van der Waals surface area (Å²) in [6, 6.07) is 3.95. The van der Waals surface area contributed by atoms with Crippen LogP contribution in [0.2, 0.25) is 0 Å². The van der Waals surface area contributed by atoms with Crippen LogP contribution in [0.1, 0.15) is 32.6 Å². The first-order valence-corrected chi connectivity index (χ1v) is 9.67. The first kappa shape index (κ1) is 17.8. The maximum Gasteiger partial charge on any atom is 0.230 e. The van der Waals surface area contributed by atoms with Crippen LogP contribution in [0.5, 0.6) is 0 Å². The first-order chi connectivity index (χ1) is 12.2. The Hall–Kier alpha value is -2.02. The number of amides is 1. The molecular formula is C18H24N4O2S. The molecule has 1 saturated carbocycles. The van der Waals surface area contributed by atoms with Crippen LogP contribution in [0.15, 0.2) is 40.6 Å². The molecule has 0 aromatic carbocycles. The number of carbonyl (C=O) groups excluding carboxylic acids is 1. The molecule has 3 rings (SSSR count). The molecule has 1 N–H and O–H groups in total. The first-order valence-electron chi connectivity index (χ1n) is 8.69. The molecule has 1 aliphatic rings. The quantitative estimate of drug-likeness (QED) is 0.604. The Morgan fingerprint density at radius 1 is 1.48 bits per heavy atom. The van der Waals surface area contributed by atoms with E-state index in [1.54, 1.807) is 12.3 Å². The second-order valence-electron chi connectivity index (χ2n) is 6.41. The van der Waals surface area contributed by atoms with E-state index >= 15 is 0 Å². The van der Waals surface area contributed by atoms with E-state index in [1.165, 1.54) is 31.0 Å². The van der Waals surface area contributed by atoms with E-state index in [2.05, 4.69) is 29.0 Å². The standard InChI is InChI=1S/C18H24N4O2S/c1-3-10-22-17(15-9-6-11-24-15)20-21-18(22)25-12-16(23)19-14-8-5-4-7-13(14)2/h3,6,9,11,13-14H,1,4-5,7-8,10,12H2,2H3,(H,19,23)/t13-,14-/m1/s1. The summed E-state index contributed by atoms with van der Waals surface area (Å²) >= 11 is 1.39. The monoisotopic (exact) mass is 360 g/mol. The lowest BCUT2D eigenvalue weighted by Crippen LogP contribution is -2.41. The number of furan rings is 1. The second kappa shape index (κ2) is 8.38. The van der Waals surface area contributed by atoms with Crippen molar-refractivity contribution < 1.29 is 9.21 Å². The molecule has 2 heterocycles. The number of nitrogens with zero attached hydrogens (tertiary/aromatic N) is 3. The van der Waals surface area contributed by atoms with Gasteiger partial charge >= 0.3 is 0 Å². The maximum atomic E-state index is 12.3. The fourth-order valence-corrected chi connectivity index (χ4v) is 3.95. The van der Waals surface area contributed by atoms with Crippen LogP contribution in [-0.4, -0.2) is 32.5 Å². The topological polar surface area (TPSA) is 73.0 Å². The zero-order valence-corrected chi connectivity index (χ0v) is 15.3. The number of allylic oxidation sites excluding steroid dienone is 1. The lowest BCUT2D eigenvalue weighted by Gasteiger charge is -2.29. The SMILES string of the molecule is C=CCn1c(SCC(=O)N[C@@H]2CCCC[C@H]2C)nnc1-c1ccco1. The summed E-state index contributed by atoms with van der Waals surface area (Å²) < 4.78 is 7.32. The van der Waals surface area contributed by atoms with Gasteiger partial charge in [0, 0.05) is 12.6 Å². The van der Waals surface area contributed by atoms with Gasteiger partial charge in [-0.05, 0) is 30.9 Å². The lowest BCUT2D eigenvalue weighted by molar-refractivity contribution is -0.119. The minimum atomic E-state index is 0.0523. The highest BCUT2D eigenvalue weighted by atomic mass is 32.2. The van der Waals surface area contributed by atoms with Crippen LogP contribution >= 0.6 is 11.8 Å². The van der Waals surface area contributed by atoms with Crippen molar-refractivity contribution in [3.63, 3.8) is 0 Å². The second-order valence-corrected chi connectivity index (χ2v) is 7.35. The van der Waals surface area contributed by atoms with Crippen molar-refractivity contribution in [1.82, 2.24) is 20.1 Å². The van der Waals surface area contributed by atoms with E-state index < -0.39 is 0 Å². The fourth-order valence-electron chi connectivity index (χ4n) is 3.19. The van der Waals surface area contributed by atoms with Crippen molar-refractivity contribution >= 4 is 17.7 Å². The van der Waals surface area contributed by atoms with Gasteiger partial charge < -0.3 is 9.73 Å². The molecule has 0 radical (unpaired) electrons. The van der Waals surface area contributed by atoms with Crippen molar-refractivity contribution in [1.29, 1.82) is 0 Å². The summed E-state index contributed by atoms with van der Waals surface area (Å²) in [7, 11) is 0. The summed E-state index contributed by atoms with van der Waals surface area (Å²) in [6.07, 6.45) is 8.12. The van der Waals surface area contributed by atoms with Gasteiger partial charge in [-0.3, -0.25) is 9.36 Å². The maximum absolute atomic E-state index is 12.3. The van der Waals surface area contributed by atoms with Crippen LogP contribution < -0.4 is 5.32 Å². The highest BCUT2D eigenvalue weighted by molar-refractivity contribution is 7.99. The summed E-state index contributed by atoms with van der Waals surface area (Å²) in [5.74, 6) is 2.24. The molecule has 134 valence electrons. The Morgan fingerprint density at radius 2 is 2.32 bits per heavy atom. The summed E-state index contributed by atoms with van der Waals surface area (Å²) in [5, 5.41) is 12.3. The van der Waals surface area contributed by atoms with Crippen molar-refractivity contribution in [2.24, 2.45) is 5.92 Å². The molecule has 0 bridgehead atoms. The predicted octanol–water partition coefficient (Wildman–Crippen LogP) is 3.51. The van der Waals surface area contributed by atoms with Crippen molar-refractivity contribution in [3.8, 4) is 11.6 Å². The van der Waals surface area contributed by atoms with E-state index in [1.807, 2.05) is 16.7 Å². The third-order valence-electron chi connectivity index (χ3n) is 4.56. The van der Waals surface area contributed by atoms with Gasteiger partial charge in [-0.2, -0.15) is 0 Å². The average molecular weight is 360 g/mol. The predicted molar refractivity (Wildman–Crippen MR) is 98.2 cm³/mol. The molecule has 2 atom stereocenters. The number of carbonyl (C=O) groups is 1. The summed E-state index contributed by atoms with van der Waals surface area (Å²) in [4.78, 5) is 12.3. The van der Waals surface area contributed by atoms with E-state index in [9.17, 15) is 4.79 Å².